The maximum Gasteiger partial charge on any atom is 0.332 e. The molecule has 0 saturated heterocycles. The van der Waals surface area contributed by atoms with Crippen LogP contribution in [-0.4, -0.2) is 42.4 Å². The number of aliphatic hydroxyl groups is 1. The molecule has 16 heavy (non-hydrogen) atoms. The Labute approximate surface area is 95.0 Å². The maximum atomic E-state index is 10.2. The van der Waals surface area contributed by atoms with Gasteiger partial charge in [-0.15, -0.1) is 0 Å². The van der Waals surface area contributed by atoms with Crippen LogP contribution in [0.1, 0.15) is 6.92 Å². The third-order valence-corrected chi connectivity index (χ3v) is 0.838. The van der Waals surface area contributed by atoms with Crippen molar-refractivity contribution in [3.8, 4) is 0 Å². The molecule has 4 N–H and O–H groups in total. The van der Waals surface area contributed by atoms with E-state index in [4.69, 9.17) is 15.9 Å². The van der Waals surface area contributed by atoms with Crippen molar-refractivity contribution in [1.82, 2.24) is 0 Å². The van der Waals surface area contributed by atoms with Crippen molar-refractivity contribution in [3.05, 3.63) is 24.8 Å². The lowest BCUT2D eigenvalue weighted by Crippen LogP contribution is -2.02. The molecule has 6 nitrogen and oxygen atoms in total. The molecule has 0 aromatic rings. The number of aliphatic hydroxyl groups excluding tert-OH is 1. The van der Waals surface area contributed by atoms with Gasteiger partial charge in [0, 0.05) is 18.2 Å². The average molecular weight is 233 g/mol. The number of hydrogen-bond donors (Lipinski definition) is 3. The van der Waals surface area contributed by atoms with Gasteiger partial charge in [0.15, 0.2) is 0 Å². The molecule has 0 rings (SSSR count). The van der Waals surface area contributed by atoms with Crippen LogP contribution >= 0.6 is 0 Å². The third kappa shape index (κ3) is 29.5. The highest BCUT2D eigenvalue weighted by Crippen LogP contribution is 1.87. The van der Waals surface area contributed by atoms with Gasteiger partial charge in [-0.05, 0) is 6.92 Å². The number of carbonyl (C=O) groups is 2. The second-order valence-corrected chi connectivity index (χ2v) is 2.33. The molecule has 0 saturated carbocycles. The summed E-state index contributed by atoms with van der Waals surface area (Å²) >= 11 is 0. The summed E-state index contributed by atoms with van der Waals surface area (Å²) in [6, 6.07) is 0. The number of carbonyl (C=O) groups excluding carboxylic acids is 1. The Balaban J connectivity index is -0.000000166. The van der Waals surface area contributed by atoms with E-state index >= 15 is 0 Å². The molecule has 0 bridgehead atoms. The Morgan fingerprint density at radius 2 is 1.81 bits per heavy atom. The number of carboxylic acid groups (broad SMARTS) is 1. The van der Waals surface area contributed by atoms with E-state index in [1.807, 2.05) is 0 Å². The summed E-state index contributed by atoms with van der Waals surface area (Å²) in [6.07, 6.45) is 0.833. The summed E-state index contributed by atoms with van der Waals surface area (Å²) in [5, 5.41) is 15.4. The first kappa shape index (κ1) is 19.8. The molecule has 0 amide bonds. The second-order valence-electron chi connectivity index (χ2n) is 2.33. The minimum absolute atomic E-state index is 0.0972. The van der Waals surface area contributed by atoms with Crippen LogP contribution in [0.25, 0.3) is 0 Å². The van der Waals surface area contributed by atoms with Crippen LogP contribution in [0.5, 0.6) is 0 Å². The monoisotopic (exact) mass is 233 g/mol. The molecule has 0 aliphatic carbocycles. The lowest BCUT2D eigenvalue weighted by molar-refractivity contribution is -0.136. The topological polar surface area (TPSA) is 110 Å². The van der Waals surface area contributed by atoms with Gasteiger partial charge in [-0.1, -0.05) is 13.2 Å². The third-order valence-electron chi connectivity index (χ3n) is 0.838. The van der Waals surface area contributed by atoms with Gasteiger partial charge in [0.25, 0.3) is 0 Å². The zero-order valence-electron chi connectivity index (χ0n) is 9.60. The van der Waals surface area contributed by atoms with Gasteiger partial charge in [-0.3, -0.25) is 0 Å². The SMILES string of the molecule is C=C(C)C(=O)OC.C=CC(=O)O.NCCO. The lowest BCUT2D eigenvalue weighted by Gasteiger charge is -1.91. The van der Waals surface area contributed by atoms with E-state index in [-0.39, 0.29) is 12.6 Å². The van der Waals surface area contributed by atoms with Crippen molar-refractivity contribution in [2.45, 2.75) is 6.92 Å². The van der Waals surface area contributed by atoms with Crippen LogP contribution in [0.3, 0.4) is 0 Å². The Hall–Kier alpha value is -1.66. The van der Waals surface area contributed by atoms with Crippen molar-refractivity contribution in [2.75, 3.05) is 20.3 Å². The smallest absolute Gasteiger partial charge is 0.332 e. The Bertz CT molecular complexity index is 223. The molecule has 0 aromatic carbocycles. The van der Waals surface area contributed by atoms with E-state index in [1.165, 1.54) is 7.11 Å². The largest absolute Gasteiger partial charge is 0.478 e. The molecule has 94 valence electrons. The molecule has 0 atom stereocenters. The van der Waals surface area contributed by atoms with E-state index in [1.54, 1.807) is 6.92 Å². The molecule has 0 radical (unpaired) electrons. The van der Waals surface area contributed by atoms with Crippen molar-refractivity contribution in [1.29, 1.82) is 0 Å². The van der Waals surface area contributed by atoms with Gasteiger partial charge < -0.3 is 20.7 Å². The number of ether oxygens (including phenoxy) is 1. The van der Waals surface area contributed by atoms with Crippen molar-refractivity contribution in [3.63, 3.8) is 0 Å². The minimum Gasteiger partial charge on any atom is -0.478 e. The number of nitrogens with two attached hydrogens (primary N) is 1. The lowest BCUT2D eigenvalue weighted by atomic mass is 10.4. The Kier molecular flexibility index (Phi) is 19.6. The summed E-state index contributed by atoms with van der Waals surface area (Å²) in [5.74, 6) is -1.33. The number of carboxylic acids is 1. The summed E-state index contributed by atoms with van der Waals surface area (Å²) < 4.78 is 4.27. The minimum atomic E-state index is -0.981. The number of methoxy groups -OCH3 is 1. The van der Waals surface area contributed by atoms with Gasteiger partial charge >= 0.3 is 11.9 Å². The van der Waals surface area contributed by atoms with E-state index in [0.717, 1.165) is 6.08 Å². The van der Waals surface area contributed by atoms with Crippen LogP contribution in [0, 0.1) is 0 Å². The fourth-order valence-corrected chi connectivity index (χ4v) is 0.174. The fourth-order valence-electron chi connectivity index (χ4n) is 0.174. The maximum absolute atomic E-state index is 10.2. The van der Waals surface area contributed by atoms with Gasteiger partial charge in [-0.25, -0.2) is 9.59 Å². The van der Waals surface area contributed by atoms with Crippen molar-refractivity contribution < 1.29 is 24.5 Å². The van der Waals surface area contributed by atoms with E-state index in [2.05, 4.69) is 17.9 Å². The van der Waals surface area contributed by atoms with Gasteiger partial charge in [0.2, 0.25) is 0 Å². The first-order valence-corrected chi connectivity index (χ1v) is 4.27. The molecular formula is C10H19NO5. The van der Waals surface area contributed by atoms with Gasteiger partial charge in [-0.2, -0.15) is 0 Å². The molecule has 0 fully saturated rings. The molecule has 0 aliphatic rings. The molecule has 0 aromatic heterocycles. The standard InChI is InChI=1S/C5H8O2.C3H4O2.C2H7NO/c1-4(2)5(6)7-3;1-2-3(4)5;3-1-2-4/h1H2,2-3H3;2H,1H2,(H,4,5);4H,1-3H2. The molecule has 6 heteroatoms. The summed E-state index contributed by atoms with van der Waals surface area (Å²) in [5.41, 5.74) is 5.21. The molecular weight excluding hydrogens is 214 g/mol. The molecule has 0 spiro atoms. The van der Waals surface area contributed by atoms with Crippen LogP contribution in [0.4, 0.5) is 0 Å². The normalized spacial score (nSPS) is 7.25. The highest BCUT2D eigenvalue weighted by molar-refractivity contribution is 5.86. The first-order chi connectivity index (χ1) is 7.37. The van der Waals surface area contributed by atoms with Crippen LogP contribution < -0.4 is 5.73 Å². The van der Waals surface area contributed by atoms with Crippen molar-refractivity contribution >= 4 is 11.9 Å². The summed E-state index contributed by atoms with van der Waals surface area (Å²) in [7, 11) is 1.33. The average Bonchev–Trinajstić information content (AvgIpc) is 2.28. The Morgan fingerprint density at radius 3 is 1.81 bits per heavy atom. The number of aliphatic carboxylic acids is 1. The predicted octanol–water partition coefficient (Wildman–Crippen LogP) is -0.0701. The first-order valence-electron chi connectivity index (χ1n) is 4.27. The van der Waals surface area contributed by atoms with Gasteiger partial charge in [0.05, 0.1) is 13.7 Å². The Morgan fingerprint density at radius 1 is 1.50 bits per heavy atom. The van der Waals surface area contributed by atoms with Crippen LogP contribution in [-0.2, 0) is 14.3 Å². The van der Waals surface area contributed by atoms with Crippen LogP contribution in [0.2, 0.25) is 0 Å². The quantitative estimate of drug-likeness (QED) is 0.465. The summed E-state index contributed by atoms with van der Waals surface area (Å²) in [4.78, 5) is 19.4. The summed E-state index contributed by atoms with van der Waals surface area (Å²) in [6.45, 7) is 8.39. The van der Waals surface area contributed by atoms with Crippen molar-refractivity contribution in [2.24, 2.45) is 5.73 Å². The van der Waals surface area contributed by atoms with E-state index in [0.29, 0.717) is 12.1 Å². The number of hydrogen-bond acceptors (Lipinski definition) is 5. The zero-order chi connectivity index (χ0) is 13.6. The molecule has 0 aliphatic heterocycles. The van der Waals surface area contributed by atoms with Crippen LogP contribution in [0.15, 0.2) is 24.8 Å². The number of esters is 1. The van der Waals surface area contributed by atoms with E-state index < -0.39 is 5.97 Å². The predicted molar refractivity (Wildman–Crippen MR) is 60.8 cm³/mol. The highest BCUT2D eigenvalue weighted by Gasteiger charge is 1.95. The highest BCUT2D eigenvalue weighted by atomic mass is 16.5. The molecule has 0 heterocycles. The fraction of sp³-hybridized carbons (Fsp3) is 0.400. The van der Waals surface area contributed by atoms with Gasteiger partial charge in [0.1, 0.15) is 0 Å². The zero-order valence-corrected chi connectivity index (χ0v) is 9.60. The second kappa shape index (κ2) is 15.8. The molecule has 0 unspecified atom stereocenters. The van der Waals surface area contributed by atoms with E-state index in [9.17, 15) is 9.59 Å². The number of rotatable bonds is 3.